The van der Waals surface area contributed by atoms with Crippen molar-refractivity contribution in [3.05, 3.63) is 23.8 Å². The maximum Gasteiger partial charge on any atom is 0.241 e. The van der Waals surface area contributed by atoms with Crippen molar-refractivity contribution in [1.82, 2.24) is 4.90 Å². The van der Waals surface area contributed by atoms with Gasteiger partial charge in [0.1, 0.15) is 5.75 Å². The summed E-state index contributed by atoms with van der Waals surface area (Å²) in [4.78, 5) is 14.6. The number of rotatable bonds is 4. The van der Waals surface area contributed by atoms with Gasteiger partial charge in [0.05, 0.1) is 31.5 Å². The maximum atomic E-state index is 12.4. The fraction of sp³-hybridized carbons (Fsp3) is 0.562. The van der Waals surface area contributed by atoms with Crippen LogP contribution in [0.4, 0.5) is 5.69 Å². The van der Waals surface area contributed by atoms with Crippen LogP contribution in [0.25, 0.3) is 0 Å². The van der Waals surface area contributed by atoms with Gasteiger partial charge in [-0.05, 0) is 38.5 Å². The zero-order valence-corrected chi connectivity index (χ0v) is 13.2. The topological polar surface area (TPSA) is 50.8 Å². The summed E-state index contributed by atoms with van der Waals surface area (Å²) in [5.74, 6) is 0.657. The van der Waals surface area contributed by atoms with Crippen LogP contribution in [0.5, 0.6) is 5.75 Å². The molecule has 1 heterocycles. The summed E-state index contributed by atoms with van der Waals surface area (Å²) in [6.07, 6.45) is 0.169. The minimum atomic E-state index is -0.193. The number of nitrogens with zero attached hydrogens (tertiary/aromatic N) is 1. The number of benzene rings is 1. The number of hydrogen-bond donors (Lipinski definition) is 1. The first kappa shape index (κ1) is 15.8. The zero-order valence-electron chi connectivity index (χ0n) is 13.2. The molecule has 0 aromatic heterocycles. The fourth-order valence-electron chi connectivity index (χ4n) is 2.52. The van der Waals surface area contributed by atoms with E-state index in [1.54, 1.807) is 7.11 Å². The highest BCUT2D eigenvalue weighted by Gasteiger charge is 2.26. The molecular formula is C16H24N2O3. The van der Waals surface area contributed by atoms with Crippen molar-refractivity contribution in [2.24, 2.45) is 0 Å². The predicted molar refractivity (Wildman–Crippen MR) is 82.8 cm³/mol. The van der Waals surface area contributed by atoms with Crippen molar-refractivity contribution < 1.29 is 14.3 Å². The van der Waals surface area contributed by atoms with Crippen LogP contribution in [0.2, 0.25) is 0 Å². The fourth-order valence-corrected chi connectivity index (χ4v) is 2.52. The smallest absolute Gasteiger partial charge is 0.241 e. The molecule has 1 saturated heterocycles. The lowest BCUT2D eigenvalue weighted by Crippen LogP contribution is -2.50. The van der Waals surface area contributed by atoms with Crippen LogP contribution in [-0.4, -0.2) is 49.8 Å². The Kier molecular flexibility index (Phi) is 5.20. The van der Waals surface area contributed by atoms with Crippen LogP contribution < -0.4 is 10.1 Å². The molecule has 1 fully saturated rings. The number of morpholine rings is 1. The van der Waals surface area contributed by atoms with Crippen molar-refractivity contribution in [3.8, 4) is 5.75 Å². The summed E-state index contributed by atoms with van der Waals surface area (Å²) in [6.45, 7) is 8.17. The van der Waals surface area contributed by atoms with E-state index in [0.29, 0.717) is 12.4 Å². The third-order valence-corrected chi connectivity index (χ3v) is 3.81. The first-order valence-corrected chi connectivity index (χ1v) is 7.32. The summed E-state index contributed by atoms with van der Waals surface area (Å²) < 4.78 is 10.8. The van der Waals surface area contributed by atoms with Crippen molar-refractivity contribution in [2.75, 3.05) is 32.1 Å². The molecule has 1 aliphatic heterocycles. The number of amides is 1. The molecular weight excluding hydrogens is 268 g/mol. The van der Waals surface area contributed by atoms with E-state index in [9.17, 15) is 4.79 Å². The summed E-state index contributed by atoms with van der Waals surface area (Å²) in [7, 11) is 1.60. The molecule has 116 valence electrons. The van der Waals surface area contributed by atoms with E-state index in [1.165, 1.54) is 0 Å². The lowest BCUT2D eigenvalue weighted by molar-refractivity contribution is -0.123. The van der Waals surface area contributed by atoms with Crippen molar-refractivity contribution in [2.45, 2.75) is 32.9 Å². The van der Waals surface area contributed by atoms with E-state index in [4.69, 9.17) is 9.47 Å². The lowest BCUT2D eigenvalue weighted by Gasteiger charge is -2.34. The van der Waals surface area contributed by atoms with Gasteiger partial charge in [0.15, 0.2) is 0 Å². The van der Waals surface area contributed by atoms with Crippen molar-refractivity contribution >= 4 is 11.6 Å². The predicted octanol–water partition coefficient (Wildman–Crippen LogP) is 2.05. The SMILES string of the molecule is COc1ccc(C)cc1NC(=O)[C@@H](C)N1CCO[C@@H](C)C1. The maximum absolute atomic E-state index is 12.4. The molecule has 5 nitrogen and oxygen atoms in total. The molecule has 1 aromatic rings. The van der Waals surface area contributed by atoms with Crippen LogP contribution in [0.1, 0.15) is 19.4 Å². The molecule has 2 atom stereocenters. The van der Waals surface area contributed by atoms with Gasteiger partial charge in [0.25, 0.3) is 0 Å². The van der Waals surface area contributed by atoms with Crippen molar-refractivity contribution in [3.63, 3.8) is 0 Å². The van der Waals surface area contributed by atoms with Crippen LogP contribution in [-0.2, 0) is 9.53 Å². The van der Waals surface area contributed by atoms with Crippen LogP contribution in [0, 0.1) is 6.92 Å². The molecule has 1 amide bonds. The van der Waals surface area contributed by atoms with Gasteiger partial charge in [0.2, 0.25) is 5.91 Å². The van der Waals surface area contributed by atoms with Gasteiger partial charge in [-0.15, -0.1) is 0 Å². The highest BCUT2D eigenvalue weighted by molar-refractivity contribution is 5.95. The number of hydrogen-bond acceptors (Lipinski definition) is 4. The van der Waals surface area contributed by atoms with E-state index in [1.807, 2.05) is 39.0 Å². The highest BCUT2D eigenvalue weighted by atomic mass is 16.5. The highest BCUT2D eigenvalue weighted by Crippen LogP contribution is 2.25. The Morgan fingerprint density at radius 3 is 2.95 bits per heavy atom. The summed E-state index contributed by atoms with van der Waals surface area (Å²) in [5, 5.41) is 2.97. The lowest BCUT2D eigenvalue weighted by atomic mass is 10.1. The van der Waals surface area contributed by atoms with E-state index in [0.717, 1.165) is 24.3 Å². The third kappa shape index (κ3) is 3.95. The molecule has 5 heteroatoms. The van der Waals surface area contributed by atoms with Gasteiger partial charge in [-0.3, -0.25) is 9.69 Å². The van der Waals surface area contributed by atoms with Crippen LogP contribution in [0.15, 0.2) is 18.2 Å². The Hall–Kier alpha value is -1.59. The quantitative estimate of drug-likeness (QED) is 0.923. The molecule has 1 N–H and O–H groups in total. The Bertz CT molecular complexity index is 504. The Labute approximate surface area is 126 Å². The largest absolute Gasteiger partial charge is 0.495 e. The number of anilines is 1. The second-order valence-electron chi connectivity index (χ2n) is 5.55. The van der Waals surface area contributed by atoms with Gasteiger partial charge in [-0.2, -0.15) is 0 Å². The van der Waals surface area contributed by atoms with Gasteiger partial charge < -0.3 is 14.8 Å². The Morgan fingerprint density at radius 2 is 2.29 bits per heavy atom. The summed E-state index contributed by atoms with van der Waals surface area (Å²) >= 11 is 0. The van der Waals surface area contributed by atoms with Gasteiger partial charge in [0, 0.05) is 13.1 Å². The molecule has 0 bridgehead atoms. The van der Waals surface area contributed by atoms with Crippen molar-refractivity contribution in [1.29, 1.82) is 0 Å². The number of methoxy groups -OCH3 is 1. The van der Waals surface area contributed by atoms with E-state index in [-0.39, 0.29) is 18.1 Å². The third-order valence-electron chi connectivity index (χ3n) is 3.81. The Morgan fingerprint density at radius 1 is 1.52 bits per heavy atom. The zero-order chi connectivity index (χ0) is 15.4. The molecule has 0 saturated carbocycles. The minimum absolute atomic E-state index is 0.0204. The Balaban J connectivity index is 2.05. The average Bonchev–Trinajstić information content (AvgIpc) is 2.46. The standard InChI is InChI=1S/C16H24N2O3/c1-11-5-6-15(20-4)14(9-11)17-16(19)13(3)18-7-8-21-12(2)10-18/h5-6,9,12-13H,7-8,10H2,1-4H3,(H,17,19)/t12-,13+/m0/s1. The number of ether oxygens (including phenoxy) is 2. The molecule has 0 radical (unpaired) electrons. The first-order valence-electron chi connectivity index (χ1n) is 7.32. The number of aryl methyl sites for hydroxylation is 1. The molecule has 0 spiro atoms. The van der Waals surface area contributed by atoms with Crippen LogP contribution >= 0.6 is 0 Å². The minimum Gasteiger partial charge on any atom is -0.495 e. The summed E-state index contributed by atoms with van der Waals surface area (Å²) in [5.41, 5.74) is 1.80. The monoisotopic (exact) mass is 292 g/mol. The number of carbonyl (C=O) groups excluding carboxylic acids is 1. The molecule has 0 unspecified atom stereocenters. The van der Waals surface area contributed by atoms with Gasteiger partial charge >= 0.3 is 0 Å². The molecule has 21 heavy (non-hydrogen) atoms. The number of nitrogens with one attached hydrogen (secondary N) is 1. The second kappa shape index (κ2) is 6.91. The average molecular weight is 292 g/mol. The van der Waals surface area contributed by atoms with E-state index in [2.05, 4.69) is 10.2 Å². The summed E-state index contributed by atoms with van der Waals surface area (Å²) in [6, 6.07) is 5.56. The first-order chi connectivity index (χ1) is 10.0. The van der Waals surface area contributed by atoms with Crippen LogP contribution in [0.3, 0.4) is 0 Å². The van der Waals surface area contributed by atoms with E-state index < -0.39 is 0 Å². The normalized spacial score (nSPS) is 20.9. The van der Waals surface area contributed by atoms with Gasteiger partial charge in [-0.1, -0.05) is 6.07 Å². The van der Waals surface area contributed by atoms with Gasteiger partial charge in [-0.25, -0.2) is 0 Å². The molecule has 0 aliphatic carbocycles. The van der Waals surface area contributed by atoms with E-state index >= 15 is 0 Å². The number of carbonyl (C=O) groups is 1. The molecule has 2 rings (SSSR count). The second-order valence-corrected chi connectivity index (χ2v) is 5.55. The molecule has 1 aromatic carbocycles. The molecule has 1 aliphatic rings.